The van der Waals surface area contributed by atoms with Gasteiger partial charge in [-0.1, -0.05) is 6.58 Å². The predicted octanol–water partition coefficient (Wildman–Crippen LogP) is 2.36. The monoisotopic (exact) mass is 595 g/mol. The maximum atomic E-state index is 12.9. The standard InChI is InChI=1S/C23H22ClN5O10S/c1-13(2)19(22(31)38-11-14-3-7-16(8-4-14)28(33)34)27-20(30)18(21(27)40(24)37)25-23(32)26-39-12-15-5-9-17(10-6-15)29(35)36/h3-10,18-19,21H,1,11-12H2,2H3,(H2,25,26,32). The number of halogens is 1. The molecule has 4 unspecified atom stereocenters. The number of nitro groups is 2. The Balaban J connectivity index is 1.58. The smallest absolute Gasteiger partial charge is 0.339 e. The van der Waals surface area contributed by atoms with Gasteiger partial charge in [-0.2, -0.15) is 0 Å². The molecule has 1 fully saturated rings. The third kappa shape index (κ3) is 7.23. The topological polar surface area (TPSA) is 206 Å². The van der Waals surface area contributed by atoms with E-state index in [0.717, 1.165) is 4.90 Å². The number of hydroxylamine groups is 1. The summed E-state index contributed by atoms with van der Waals surface area (Å²) in [5, 5.41) is 22.5. The van der Waals surface area contributed by atoms with Crippen molar-refractivity contribution in [1.29, 1.82) is 0 Å². The SMILES string of the molecule is C=C(C)C(C(=O)OCc1ccc([N+](=O)[O-])cc1)N1C(=O)C(NC(=O)NOCc2ccc([N+](=O)[O-])cc2)C1[S+]([O-])Cl. The molecule has 0 saturated carbocycles. The number of carbonyl (C=O) groups is 3. The minimum Gasteiger partial charge on any atom is -0.597 e. The second-order valence-electron chi connectivity index (χ2n) is 8.43. The number of hydrogen-bond acceptors (Lipinski definition) is 10. The molecule has 3 rings (SSSR count). The summed E-state index contributed by atoms with van der Waals surface area (Å²) in [4.78, 5) is 64.3. The average Bonchev–Trinajstić information content (AvgIpc) is 2.90. The Hall–Kier alpha value is -4.25. The van der Waals surface area contributed by atoms with Crippen LogP contribution in [0.1, 0.15) is 18.1 Å². The van der Waals surface area contributed by atoms with Gasteiger partial charge in [0.25, 0.3) is 17.3 Å². The number of rotatable bonds is 12. The van der Waals surface area contributed by atoms with E-state index in [1.807, 2.05) is 5.48 Å². The van der Waals surface area contributed by atoms with Crippen molar-refractivity contribution in [1.82, 2.24) is 15.7 Å². The summed E-state index contributed by atoms with van der Waals surface area (Å²) in [6.45, 7) is 4.71. The summed E-state index contributed by atoms with van der Waals surface area (Å²) in [5.41, 5.74) is 2.89. The lowest BCUT2D eigenvalue weighted by Gasteiger charge is -2.46. The Morgan fingerprint density at radius 1 is 1.05 bits per heavy atom. The van der Waals surface area contributed by atoms with Crippen molar-refractivity contribution >= 4 is 50.4 Å². The molecule has 17 heteroatoms. The number of non-ortho nitro benzene ring substituents is 2. The summed E-state index contributed by atoms with van der Waals surface area (Å²) in [6, 6.07) is 6.92. The van der Waals surface area contributed by atoms with Gasteiger partial charge in [-0.3, -0.25) is 34.8 Å². The van der Waals surface area contributed by atoms with E-state index in [0.29, 0.717) is 11.1 Å². The van der Waals surface area contributed by atoms with Gasteiger partial charge in [0.2, 0.25) is 5.37 Å². The van der Waals surface area contributed by atoms with Gasteiger partial charge < -0.3 is 14.6 Å². The van der Waals surface area contributed by atoms with Crippen LogP contribution in [0.25, 0.3) is 0 Å². The summed E-state index contributed by atoms with van der Waals surface area (Å²) < 4.78 is 17.5. The highest BCUT2D eigenvalue weighted by atomic mass is 35.7. The van der Waals surface area contributed by atoms with Gasteiger partial charge in [0.15, 0.2) is 22.8 Å². The fraction of sp³-hybridized carbons (Fsp3) is 0.261. The van der Waals surface area contributed by atoms with Crippen molar-refractivity contribution in [3.8, 4) is 0 Å². The molecule has 1 heterocycles. The first-order chi connectivity index (χ1) is 18.9. The summed E-state index contributed by atoms with van der Waals surface area (Å²) >= 11 is 0. The minimum absolute atomic E-state index is 0.120. The van der Waals surface area contributed by atoms with Crippen LogP contribution in [0, 0.1) is 20.2 Å². The number of β-lactam (4-membered cyclic amide) rings is 1. The molecule has 1 aliphatic rings. The van der Waals surface area contributed by atoms with Crippen LogP contribution in [0.5, 0.6) is 0 Å². The molecule has 4 atom stereocenters. The van der Waals surface area contributed by atoms with Crippen molar-refractivity contribution in [2.75, 3.05) is 0 Å². The average molecular weight is 596 g/mol. The Morgan fingerprint density at radius 2 is 1.55 bits per heavy atom. The van der Waals surface area contributed by atoms with Crippen LogP contribution in [0.15, 0.2) is 60.7 Å². The molecule has 212 valence electrons. The second kappa shape index (κ2) is 13.2. The molecule has 0 aliphatic carbocycles. The van der Waals surface area contributed by atoms with Crippen molar-refractivity contribution in [2.45, 2.75) is 37.6 Å². The molecule has 2 aromatic carbocycles. The Labute approximate surface area is 234 Å². The lowest BCUT2D eigenvalue weighted by molar-refractivity contribution is -0.385. The van der Waals surface area contributed by atoms with E-state index in [1.165, 1.54) is 55.5 Å². The second-order valence-corrected chi connectivity index (χ2v) is 10.3. The van der Waals surface area contributed by atoms with Crippen LogP contribution in [-0.4, -0.2) is 54.7 Å². The van der Waals surface area contributed by atoms with Gasteiger partial charge in [0.1, 0.15) is 6.61 Å². The van der Waals surface area contributed by atoms with E-state index >= 15 is 0 Å². The molecule has 1 saturated heterocycles. The minimum atomic E-state index is -2.24. The third-order valence-corrected chi connectivity index (χ3v) is 7.03. The van der Waals surface area contributed by atoms with Crippen molar-refractivity contribution in [3.05, 3.63) is 92.0 Å². The Bertz CT molecular complexity index is 1310. The number of amides is 3. The molecule has 40 heavy (non-hydrogen) atoms. The predicted molar refractivity (Wildman–Crippen MR) is 139 cm³/mol. The molecule has 2 aromatic rings. The van der Waals surface area contributed by atoms with Gasteiger partial charge in [-0.05, 0) is 47.9 Å². The van der Waals surface area contributed by atoms with E-state index in [1.54, 1.807) is 0 Å². The Kier molecular flexibility index (Phi) is 10.0. The Morgan fingerprint density at radius 3 is 2.00 bits per heavy atom. The van der Waals surface area contributed by atoms with E-state index in [2.05, 4.69) is 11.9 Å². The highest BCUT2D eigenvalue weighted by Gasteiger charge is 2.60. The van der Waals surface area contributed by atoms with Crippen LogP contribution in [-0.2, 0) is 42.8 Å². The molecule has 0 spiro atoms. The number of benzene rings is 2. The van der Waals surface area contributed by atoms with Crippen molar-refractivity contribution in [3.63, 3.8) is 0 Å². The van der Waals surface area contributed by atoms with Gasteiger partial charge >= 0.3 is 12.0 Å². The maximum Gasteiger partial charge on any atom is 0.339 e. The molecule has 1 aliphatic heterocycles. The van der Waals surface area contributed by atoms with Gasteiger partial charge in [0, 0.05) is 24.3 Å². The number of hydrogen-bond donors (Lipinski definition) is 2. The first-order valence-corrected chi connectivity index (χ1v) is 13.3. The number of nitrogens with one attached hydrogen (secondary N) is 2. The zero-order chi connectivity index (χ0) is 29.6. The van der Waals surface area contributed by atoms with E-state index in [-0.39, 0.29) is 30.2 Å². The molecule has 0 radical (unpaired) electrons. The number of carbonyl (C=O) groups excluding carboxylic acids is 3. The number of urea groups is 1. The quantitative estimate of drug-likeness (QED) is 0.0914. The highest BCUT2D eigenvalue weighted by molar-refractivity contribution is 8.14. The summed E-state index contributed by atoms with van der Waals surface area (Å²) in [5.74, 6) is -1.70. The molecule has 2 N–H and O–H groups in total. The van der Waals surface area contributed by atoms with Gasteiger partial charge in [-0.25, -0.2) is 15.1 Å². The number of ether oxygens (including phenoxy) is 1. The first kappa shape index (κ1) is 30.3. The molecule has 0 aromatic heterocycles. The fourth-order valence-electron chi connectivity index (χ4n) is 3.66. The van der Waals surface area contributed by atoms with E-state index < -0.39 is 55.6 Å². The zero-order valence-corrected chi connectivity index (χ0v) is 22.3. The maximum absolute atomic E-state index is 12.9. The normalized spacial score (nSPS) is 17.7. The van der Waals surface area contributed by atoms with E-state index in [4.69, 9.17) is 20.3 Å². The number of esters is 1. The summed E-state index contributed by atoms with van der Waals surface area (Å²) in [6.07, 6.45) is 0. The number of nitrogens with zero attached hydrogens (tertiary/aromatic N) is 3. The number of nitro benzene ring substituents is 2. The van der Waals surface area contributed by atoms with Crippen LogP contribution in [0.4, 0.5) is 16.2 Å². The van der Waals surface area contributed by atoms with E-state index in [9.17, 15) is 39.2 Å². The molecular formula is C23H22ClN5O10S. The molecule has 3 amide bonds. The highest BCUT2D eigenvalue weighted by Crippen LogP contribution is 2.32. The van der Waals surface area contributed by atoms with Crippen molar-refractivity contribution in [2.24, 2.45) is 0 Å². The fourth-order valence-corrected chi connectivity index (χ4v) is 5.03. The van der Waals surface area contributed by atoms with Gasteiger partial charge in [-0.15, -0.1) is 0 Å². The third-order valence-electron chi connectivity index (χ3n) is 5.60. The largest absolute Gasteiger partial charge is 0.597 e. The number of likely N-dealkylation sites (tertiary alicyclic amines) is 1. The lowest BCUT2D eigenvalue weighted by atomic mass is 9.99. The summed E-state index contributed by atoms with van der Waals surface area (Å²) in [7, 11) is 3.56. The molecule has 15 nitrogen and oxygen atoms in total. The lowest BCUT2D eigenvalue weighted by Crippen LogP contribution is -2.76. The molecular weight excluding hydrogens is 574 g/mol. The van der Waals surface area contributed by atoms with Crippen LogP contribution >= 0.6 is 10.7 Å². The van der Waals surface area contributed by atoms with Crippen LogP contribution < -0.4 is 10.8 Å². The zero-order valence-electron chi connectivity index (χ0n) is 20.7. The molecule has 0 bridgehead atoms. The van der Waals surface area contributed by atoms with Crippen LogP contribution in [0.3, 0.4) is 0 Å². The van der Waals surface area contributed by atoms with Gasteiger partial charge in [0.05, 0.1) is 26.8 Å². The first-order valence-electron chi connectivity index (χ1n) is 11.3. The van der Waals surface area contributed by atoms with Crippen LogP contribution in [0.2, 0.25) is 0 Å². The van der Waals surface area contributed by atoms with Crippen molar-refractivity contribution < 1.29 is 38.4 Å².